The lowest BCUT2D eigenvalue weighted by Crippen LogP contribution is -2.36. The van der Waals surface area contributed by atoms with Gasteiger partial charge in [0.1, 0.15) is 11.3 Å². The van der Waals surface area contributed by atoms with Crippen LogP contribution >= 0.6 is 11.6 Å². The molecule has 9 heteroatoms. The Morgan fingerprint density at radius 2 is 1.97 bits per heavy atom. The molecule has 0 aliphatic carbocycles. The van der Waals surface area contributed by atoms with Crippen LogP contribution in [0.2, 0.25) is 5.02 Å². The van der Waals surface area contributed by atoms with Crippen LogP contribution in [0.25, 0.3) is 21.9 Å². The summed E-state index contributed by atoms with van der Waals surface area (Å²) in [6.07, 6.45) is 2.23. The molecule has 1 unspecified atom stereocenters. The van der Waals surface area contributed by atoms with Crippen LogP contribution in [0.5, 0.6) is 0 Å². The van der Waals surface area contributed by atoms with E-state index in [1.54, 1.807) is 7.11 Å². The molecule has 3 N–H and O–H groups in total. The number of carbonyl (C=O) groups excluding carboxylic acids is 1. The lowest BCUT2D eigenvalue weighted by Gasteiger charge is -2.31. The Hall–Kier alpha value is -3.10. The van der Waals surface area contributed by atoms with Crippen LogP contribution < -0.4 is 10.2 Å². The number of nitrogens with zero attached hydrogens (tertiary/aromatic N) is 3. The third-order valence-electron chi connectivity index (χ3n) is 6.17. The summed E-state index contributed by atoms with van der Waals surface area (Å²) in [6.45, 7) is 3.70. The quantitative estimate of drug-likeness (QED) is 0.421. The summed E-state index contributed by atoms with van der Waals surface area (Å²) >= 11 is 6.67. The molecule has 1 aliphatic rings. The maximum atomic E-state index is 12.8. The maximum absolute atomic E-state index is 12.8. The lowest BCUT2D eigenvalue weighted by molar-refractivity contribution is 0.0818. The van der Waals surface area contributed by atoms with E-state index >= 15 is 0 Å². The minimum Gasteiger partial charge on any atom is -0.381 e. The van der Waals surface area contributed by atoms with E-state index in [0.717, 1.165) is 48.2 Å². The fraction of sp³-hybridized carbons (Fsp3) is 0.348. The number of benzene rings is 2. The van der Waals surface area contributed by atoms with Crippen LogP contribution in [0.1, 0.15) is 42.0 Å². The van der Waals surface area contributed by atoms with Gasteiger partial charge in [-0.2, -0.15) is 0 Å². The van der Waals surface area contributed by atoms with Crippen LogP contribution in [0.3, 0.4) is 0 Å². The fourth-order valence-corrected chi connectivity index (χ4v) is 4.60. The van der Waals surface area contributed by atoms with E-state index in [-0.39, 0.29) is 17.8 Å². The highest BCUT2D eigenvalue weighted by atomic mass is 35.5. The van der Waals surface area contributed by atoms with Crippen molar-refractivity contribution >= 4 is 45.3 Å². The van der Waals surface area contributed by atoms with Crippen molar-refractivity contribution in [3.05, 3.63) is 52.8 Å². The number of rotatable bonds is 5. The molecular weight excluding hydrogens is 428 g/mol. The van der Waals surface area contributed by atoms with Gasteiger partial charge in [0, 0.05) is 25.6 Å². The smallest absolute Gasteiger partial charge is 0.289 e. The molecule has 32 heavy (non-hydrogen) atoms. The van der Waals surface area contributed by atoms with Crippen molar-refractivity contribution in [1.82, 2.24) is 25.5 Å². The monoisotopic (exact) mass is 452 g/mol. The van der Waals surface area contributed by atoms with Gasteiger partial charge in [0.2, 0.25) is 5.82 Å². The van der Waals surface area contributed by atoms with Crippen LogP contribution in [0, 0.1) is 0 Å². The minimum absolute atomic E-state index is 0.115. The molecule has 5 rings (SSSR count). The van der Waals surface area contributed by atoms with Gasteiger partial charge >= 0.3 is 0 Å². The van der Waals surface area contributed by atoms with Crippen molar-refractivity contribution in [3.63, 3.8) is 0 Å². The van der Waals surface area contributed by atoms with Gasteiger partial charge in [0.15, 0.2) is 0 Å². The van der Waals surface area contributed by atoms with Crippen LogP contribution in [-0.4, -0.2) is 52.4 Å². The zero-order valence-corrected chi connectivity index (χ0v) is 18.7. The number of anilines is 1. The Morgan fingerprint density at radius 1 is 1.22 bits per heavy atom. The topological polar surface area (TPSA) is 98.9 Å². The highest BCUT2D eigenvalue weighted by Gasteiger charge is 2.24. The fourth-order valence-electron chi connectivity index (χ4n) is 4.31. The molecular formula is C23H25ClN6O2. The summed E-state index contributed by atoms with van der Waals surface area (Å²) < 4.78 is 5.48. The number of hydrogen-bond acceptors (Lipinski definition) is 5. The van der Waals surface area contributed by atoms with Crippen molar-refractivity contribution in [2.45, 2.75) is 31.9 Å². The molecule has 2 aromatic carbocycles. The Bertz CT molecular complexity index is 1260. The van der Waals surface area contributed by atoms with Gasteiger partial charge in [-0.25, -0.2) is 9.97 Å². The summed E-state index contributed by atoms with van der Waals surface area (Å²) in [5.74, 6) is 0.750. The predicted octanol–water partition coefficient (Wildman–Crippen LogP) is 4.20. The van der Waals surface area contributed by atoms with Gasteiger partial charge in [-0.3, -0.25) is 15.0 Å². The van der Waals surface area contributed by atoms with Crippen molar-refractivity contribution in [2.24, 2.45) is 0 Å². The average molecular weight is 453 g/mol. The van der Waals surface area contributed by atoms with E-state index in [1.807, 2.05) is 43.3 Å². The summed E-state index contributed by atoms with van der Waals surface area (Å²) in [5.41, 5.74) is 2.88. The van der Waals surface area contributed by atoms with Gasteiger partial charge in [-0.1, -0.05) is 41.9 Å². The Morgan fingerprint density at radius 3 is 2.69 bits per heavy atom. The van der Waals surface area contributed by atoms with Gasteiger partial charge in [-0.05, 0) is 31.4 Å². The molecule has 1 amide bonds. The largest absolute Gasteiger partial charge is 0.381 e. The second-order valence-electron chi connectivity index (χ2n) is 8.15. The number of methoxy groups -OCH3 is 1. The summed E-state index contributed by atoms with van der Waals surface area (Å²) in [6, 6.07) is 11.6. The molecule has 0 bridgehead atoms. The van der Waals surface area contributed by atoms with Crippen molar-refractivity contribution in [3.8, 4) is 0 Å². The number of fused-ring (bicyclic) bond motifs is 2. The van der Waals surface area contributed by atoms with E-state index in [9.17, 15) is 4.79 Å². The standard InChI is InChI=1S/C23H25ClN6O2/c1-13(14-6-4-3-5-7-14)25-23(31)21-26-17-12-16-19(18(24)20(17)27-21)28-29-22(16)30-10-8-15(32-2)9-11-30/h3-7,12-13,15,28-29H,8-11H2,1-2H3,(H,25,31). The number of halogens is 1. The number of H-pyrrole nitrogens is 2. The van der Waals surface area contributed by atoms with Gasteiger partial charge in [0.25, 0.3) is 5.91 Å². The van der Waals surface area contributed by atoms with Gasteiger partial charge < -0.3 is 15.0 Å². The third-order valence-corrected chi connectivity index (χ3v) is 6.54. The number of hydrogen-bond donors (Lipinski definition) is 3. The first kappa shape index (κ1) is 20.8. The van der Waals surface area contributed by atoms with E-state index in [0.29, 0.717) is 22.2 Å². The maximum Gasteiger partial charge on any atom is 0.289 e. The molecule has 1 aliphatic heterocycles. The first-order valence-corrected chi connectivity index (χ1v) is 11.1. The summed E-state index contributed by atoms with van der Waals surface area (Å²) in [5, 5.41) is 10.8. The zero-order valence-electron chi connectivity index (χ0n) is 18.0. The highest BCUT2D eigenvalue weighted by Crippen LogP contribution is 2.35. The SMILES string of the molecule is COC1CCN(c2[nH][nH]c3c(Cl)c4nc(C(=O)NC(C)c5ccccc5)nc4cc23)CC1. The number of amides is 1. The van der Waals surface area contributed by atoms with Crippen molar-refractivity contribution in [2.75, 3.05) is 25.1 Å². The number of carbonyl (C=O) groups is 1. The molecule has 0 spiro atoms. The molecule has 0 saturated carbocycles. The van der Waals surface area contributed by atoms with Gasteiger partial charge in [0.05, 0.1) is 28.2 Å². The van der Waals surface area contributed by atoms with Crippen LogP contribution in [0.15, 0.2) is 36.4 Å². The first-order valence-electron chi connectivity index (χ1n) is 10.7. The first-order chi connectivity index (χ1) is 15.5. The van der Waals surface area contributed by atoms with E-state index < -0.39 is 0 Å². The number of imidazole rings is 1. The third kappa shape index (κ3) is 3.69. The number of ether oxygens (including phenoxy) is 1. The Balaban J connectivity index is 1.44. The van der Waals surface area contributed by atoms with E-state index in [2.05, 4.69) is 30.4 Å². The molecule has 1 atom stereocenters. The molecule has 166 valence electrons. The molecule has 1 saturated heterocycles. The Labute approximate surface area is 190 Å². The highest BCUT2D eigenvalue weighted by molar-refractivity contribution is 6.40. The molecule has 3 heterocycles. The molecule has 2 aromatic heterocycles. The minimum atomic E-state index is -0.328. The number of aromatic amines is 2. The number of nitrogens with one attached hydrogen (secondary N) is 3. The zero-order chi connectivity index (χ0) is 22.2. The molecule has 0 radical (unpaired) electrons. The molecule has 8 nitrogen and oxygen atoms in total. The van der Waals surface area contributed by atoms with Crippen LogP contribution in [0.4, 0.5) is 5.82 Å². The predicted molar refractivity (Wildman–Crippen MR) is 125 cm³/mol. The normalized spacial score (nSPS) is 16.0. The average Bonchev–Trinajstić information content (AvgIpc) is 3.45. The number of piperidine rings is 1. The van der Waals surface area contributed by atoms with Crippen molar-refractivity contribution < 1.29 is 9.53 Å². The lowest BCUT2D eigenvalue weighted by atomic mass is 10.1. The summed E-state index contributed by atoms with van der Waals surface area (Å²) in [4.78, 5) is 24.0. The second-order valence-corrected chi connectivity index (χ2v) is 8.53. The Kier molecular flexibility index (Phi) is 5.48. The van der Waals surface area contributed by atoms with E-state index in [1.165, 1.54) is 0 Å². The summed E-state index contributed by atoms with van der Waals surface area (Å²) in [7, 11) is 1.76. The molecule has 4 aromatic rings. The van der Waals surface area contributed by atoms with Gasteiger partial charge in [-0.15, -0.1) is 0 Å². The van der Waals surface area contributed by atoms with E-state index in [4.69, 9.17) is 16.3 Å². The number of aromatic nitrogens is 4. The molecule has 1 fully saturated rings. The van der Waals surface area contributed by atoms with Crippen molar-refractivity contribution in [1.29, 1.82) is 0 Å². The van der Waals surface area contributed by atoms with Crippen LogP contribution in [-0.2, 0) is 4.74 Å². The second kappa shape index (κ2) is 8.44.